The molecule has 6 nitrogen and oxygen atoms in total. The van der Waals surface area contributed by atoms with Gasteiger partial charge in [0, 0.05) is 42.2 Å². The fourth-order valence-electron chi connectivity index (χ4n) is 5.16. The maximum absolute atomic E-state index is 14.5. The van der Waals surface area contributed by atoms with Crippen molar-refractivity contribution in [3.63, 3.8) is 0 Å². The number of halogens is 3. The molecule has 4 rings (SSSR count). The van der Waals surface area contributed by atoms with Crippen LogP contribution in [0.4, 0.5) is 13.2 Å². The summed E-state index contributed by atoms with van der Waals surface area (Å²) >= 11 is 0. The Bertz CT molecular complexity index is 1420. The summed E-state index contributed by atoms with van der Waals surface area (Å²) in [6.45, 7) is 9.69. The molecular weight excluding hydrogens is 505 g/mol. The lowest BCUT2D eigenvalue weighted by Gasteiger charge is -2.38. The second-order valence-electron chi connectivity index (χ2n) is 10.7. The van der Waals surface area contributed by atoms with E-state index in [1.54, 1.807) is 50.5 Å². The van der Waals surface area contributed by atoms with Crippen LogP contribution in [0.1, 0.15) is 51.1 Å². The lowest BCUT2D eigenvalue weighted by Crippen LogP contribution is -2.50. The molecule has 0 saturated carbocycles. The van der Waals surface area contributed by atoms with E-state index in [1.165, 1.54) is 6.07 Å². The van der Waals surface area contributed by atoms with Gasteiger partial charge in [-0.05, 0) is 66.9 Å². The maximum atomic E-state index is 14.5. The van der Waals surface area contributed by atoms with Gasteiger partial charge in [-0.25, -0.2) is 4.98 Å². The highest BCUT2D eigenvalue weighted by atomic mass is 19.4. The molecule has 0 aliphatic carbocycles. The number of aromatic amines is 1. The third-order valence-electron chi connectivity index (χ3n) is 7.33. The number of aliphatic hydroxyl groups is 1. The van der Waals surface area contributed by atoms with Crippen LogP contribution >= 0.6 is 0 Å². The molecule has 0 aliphatic rings. The zero-order valence-corrected chi connectivity index (χ0v) is 22.7. The van der Waals surface area contributed by atoms with Crippen molar-refractivity contribution in [1.82, 2.24) is 19.9 Å². The summed E-state index contributed by atoms with van der Waals surface area (Å²) in [7, 11) is 0. The summed E-state index contributed by atoms with van der Waals surface area (Å²) in [5, 5.41) is 21.8. The summed E-state index contributed by atoms with van der Waals surface area (Å²) < 4.78 is 43.4. The van der Waals surface area contributed by atoms with Crippen LogP contribution in [0.5, 0.6) is 5.75 Å². The van der Waals surface area contributed by atoms with Crippen LogP contribution < -0.4 is 0 Å². The van der Waals surface area contributed by atoms with Gasteiger partial charge in [0.2, 0.25) is 0 Å². The van der Waals surface area contributed by atoms with E-state index in [4.69, 9.17) is 0 Å². The number of alkyl halides is 3. The van der Waals surface area contributed by atoms with Crippen LogP contribution in [0.2, 0.25) is 0 Å². The number of nitrogens with zero attached hydrogens (tertiary/aromatic N) is 3. The van der Waals surface area contributed by atoms with E-state index in [2.05, 4.69) is 33.7 Å². The third-order valence-corrected chi connectivity index (χ3v) is 7.33. The Morgan fingerprint density at radius 1 is 0.974 bits per heavy atom. The first-order valence-electron chi connectivity index (χ1n) is 13.1. The average molecular weight is 541 g/mol. The maximum Gasteiger partial charge on any atom is 0.417 e. The molecule has 4 aromatic rings. The molecule has 1 atom stereocenters. The van der Waals surface area contributed by atoms with Gasteiger partial charge in [-0.1, -0.05) is 39.8 Å². The normalized spacial score (nSPS) is 14.2. The van der Waals surface area contributed by atoms with Crippen molar-refractivity contribution in [2.24, 2.45) is 0 Å². The van der Waals surface area contributed by atoms with Crippen molar-refractivity contribution in [1.29, 1.82) is 0 Å². The molecule has 208 valence electrons. The third kappa shape index (κ3) is 6.25. The summed E-state index contributed by atoms with van der Waals surface area (Å²) in [5.74, 6) is -0.132. The molecule has 0 bridgehead atoms. The van der Waals surface area contributed by atoms with Crippen LogP contribution in [-0.2, 0) is 18.4 Å². The second-order valence-corrected chi connectivity index (χ2v) is 10.7. The molecule has 0 fully saturated rings. The Morgan fingerprint density at radius 2 is 1.72 bits per heavy atom. The number of pyridine rings is 2. The minimum atomic E-state index is -4.92. The second kappa shape index (κ2) is 11.0. The Morgan fingerprint density at radius 3 is 2.36 bits per heavy atom. The van der Waals surface area contributed by atoms with Gasteiger partial charge in [-0.15, -0.1) is 0 Å². The number of phenols is 1. The van der Waals surface area contributed by atoms with E-state index in [-0.39, 0.29) is 11.4 Å². The van der Waals surface area contributed by atoms with E-state index in [0.717, 1.165) is 24.3 Å². The summed E-state index contributed by atoms with van der Waals surface area (Å²) in [6.07, 6.45) is -2.98. The molecule has 9 heteroatoms. The van der Waals surface area contributed by atoms with Crippen molar-refractivity contribution >= 4 is 11.0 Å². The van der Waals surface area contributed by atoms with Gasteiger partial charge in [-0.3, -0.25) is 9.88 Å². The number of aromatic hydroxyl groups is 1. The van der Waals surface area contributed by atoms with E-state index >= 15 is 0 Å². The zero-order chi connectivity index (χ0) is 28.4. The van der Waals surface area contributed by atoms with Crippen LogP contribution in [-0.4, -0.2) is 54.9 Å². The lowest BCUT2D eigenvalue weighted by atomic mass is 9.72. The molecule has 0 spiro atoms. The van der Waals surface area contributed by atoms with Gasteiger partial charge in [0.1, 0.15) is 5.75 Å². The highest BCUT2D eigenvalue weighted by molar-refractivity contribution is 5.76. The molecule has 0 amide bonds. The Hall–Kier alpha value is -3.43. The fraction of sp³-hybridized carbons (Fsp3) is 0.400. The Labute approximate surface area is 226 Å². The molecule has 3 heterocycles. The zero-order valence-electron chi connectivity index (χ0n) is 22.7. The van der Waals surface area contributed by atoms with Crippen LogP contribution in [0.25, 0.3) is 22.2 Å². The van der Waals surface area contributed by atoms with Gasteiger partial charge in [-0.2, -0.15) is 13.2 Å². The van der Waals surface area contributed by atoms with Crippen LogP contribution in [0.3, 0.4) is 0 Å². The molecule has 3 aromatic heterocycles. The molecule has 0 aliphatic heterocycles. The van der Waals surface area contributed by atoms with E-state index in [9.17, 15) is 23.4 Å². The van der Waals surface area contributed by atoms with Crippen molar-refractivity contribution in [3.05, 3.63) is 77.9 Å². The molecule has 0 radical (unpaired) electrons. The van der Waals surface area contributed by atoms with E-state index < -0.39 is 30.0 Å². The van der Waals surface area contributed by atoms with Crippen LogP contribution in [0, 0.1) is 0 Å². The number of benzene rings is 1. The minimum Gasteiger partial charge on any atom is -0.508 e. The first-order valence-corrected chi connectivity index (χ1v) is 13.1. The molecular formula is C30H35F3N4O2. The molecule has 0 saturated heterocycles. The summed E-state index contributed by atoms with van der Waals surface area (Å²) in [6, 6.07) is 13.6. The molecule has 3 N–H and O–H groups in total. The molecule has 39 heavy (non-hydrogen) atoms. The SMILES string of the molecule is CCN(CC)Cc1ccc2[nH]c(CC(O)(CC(C)(C)c3cc(-c4cccnc4)ccc3O)C(F)(F)F)cc2n1. The first-order chi connectivity index (χ1) is 18.3. The Kier molecular flexibility index (Phi) is 8.04. The van der Waals surface area contributed by atoms with Crippen molar-refractivity contribution in [2.75, 3.05) is 13.1 Å². The fourth-order valence-corrected chi connectivity index (χ4v) is 5.16. The highest BCUT2D eigenvalue weighted by Crippen LogP contribution is 2.45. The smallest absolute Gasteiger partial charge is 0.417 e. The van der Waals surface area contributed by atoms with Gasteiger partial charge in [0.05, 0.1) is 16.7 Å². The predicted molar refractivity (Wildman–Crippen MR) is 146 cm³/mol. The van der Waals surface area contributed by atoms with Gasteiger partial charge < -0.3 is 15.2 Å². The van der Waals surface area contributed by atoms with E-state index in [1.807, 2.05) is 18.2 Å². The summed E-state index contributed by atoms with van der Waals surface area (Å²) in [5.41, 5.74) is -0.265. The standard InChI is InChI=1S/C30H35F3N4O2/c1-5-37(6-2)18-22-10-11-25-26(35-22)15-23(36-25)16-29(39,30(31,32)33)19-28(3,4)24-14-20(9-12-27(24)38)21-8-7-13-34-17-21/h7-15,17,36,38-39H,5-6,16,18-19H2,1-4H3. The number of hydrogen-bond donors (Lipinski definition) is 3. The average Bonchev–Trinajstić information content (AvgIpc) is 3.28. The number of rotatable bonds is 10. The number of fused-ring (bicyclic) bond motifs is 1. The quantitative estimate of drug-likeness (QED) is 0.218. The number of phenolic OH excluding ortho intramolecular Hbond substituents is 1. The first kappa shape index (κ1) is 28.6. The van der Waals surface area contributed by atoms with E-state index in [0.29, 0.717) is 28.7 Å². The van der Waals surface area contributed by atoms with Crippen molar-refractivity contribution < 1.29 is 23.4 Å². The number of nitrogens with one attached hydrogen (secondary N) is 1. The monoisotopic (exact) mass is 540 g/mol. The summed E-state index contributed by atoms with van der Waals surface area (Å²) in [4.78, 5) is 13.9. The topological polar surface area (TPSA) is 85.3 Å². The van der Waals surface area contributed by atoms with Crippen molar-refractivity contribution in [3.8, 4) is 16.9 Å². The lowest BCUT2D eigenvalue weighted by molar-refractivity contribution is -0.266. The van der Waals surface area contributed by atoms with Gasteiger partial charge >= 0.3 is 6.18 Å². The number of aromatic nitrogens is 3. The highest BCUT2D eigenvalue weighted by Gasteiger charge is 2.56. The predicted octanol–water partition coefficient (Wildman–Crippen LogP) is 6.38. The minimum absolute atomic E-state index is 0.132. The molecule has 1 unspecified atom stereocenters. The van der Waals surface area contributed by atoms with Gasteiger partial charge in [0.15, 0.2) is 5.60 Å². The number of H-pyrrole nitrogens is 1. The number of hydrogen-bond acceptors (Lipinski definition) is 5. The van der Waals surface area contributed by atoms with Crippen molar-refractivity contribution in [2.45, 2.75) is 64.3 Å². The van der Waals surface area contributed by atoms with Gasteiger partial charge in [0.25, 0.3) is 0 Å². The molecule has 1 aromatic carbocycles. The Balaban J connectivity index is 1.64. The van der Waals surface area contributed by atoms with Crippen LogP contribution in [0.15, 0.2) is 60.9 Å². The largest absolute Gasteiger partial charge is 0.508 e.